The Morgan fingerprint density at radius 2 is 1.21 bits per heavy atom. The lowest BCUT2D eigenvalue weighted by molar-refractivity contribution is 0.0915. The highest BCUT2D eigenvalue weighted by atomic mass is 16.5. The van der Waals surface area contributed by atoms with Gasteiger partial charge in [0, 0.05) is 11.1 Å². The molecule has 3 heteroatoms. The second-order valence-electron chi connectivity index (χ2n) is 5.27. The Morgan fingerprint density at radius 1 is 0.667 bits per heavy atom. The van der Waals surface area contributed by atoms with Crippen LogP contribution in [0, 0.1) is 0 Å². The lowest BCUT2D eigenvalue weighted by atomic mass is 10.0. The first kappa shape index (κ1) is 15.7. The van der Waals surface area contributed by atoms with Gasteiger partial charge in [0.05, 0.1) is 5.56 Å². The molecule has 0 spiro atoms. The zero-order valence-corrected chi connectivity index (χ0v) is 13.0. The Morgan fingerprint density at radius 3 is 1.88 bits per heavy atom. The fourth-order valence-corrected chi connectivity index (χ4v) is 2.38. The number of Topliss-reactive ketones (excluding diaryl/α,β-unsaturated/α-hetero) is 1. The van der Waals surface area contributed by atoms with Gasteiger partial charge in [-0.2, -0.15) is 0 Å². The molecule has 0 saturated heterocycles. The number of hydrogen-bond donors (Lipinski definition) is 0. The molecule has 0 bridgehead atoms. The summed E-state index contributed by atoms with van der Waals surface area (Å²) in [6, 6.07) is 24.9. The summed E-state index contributed by atoms with van der Waals surface area (Å²) in [7, 11) is 0. The second kappa shape index (κ2) is 7.38. The molecule has 0 atom stereocenters. The van der Waals surface area contributed by atoms with E-state index in [9.17, 15) is 9.59 Å². The molecular weight excluding hydrogens is 300 g/mol. The van der Waals surface area contributed by atoms with Crippen molar-refractivity contribution in [1.29, 1.82) is 0 Å². The van der Waals surface area contributed by atoms with E-state index in [-0.39, 0.29) is 18.2 Å². The maximum Gasteiger partial charge on any atom is 0.200 e. The van der Waals surface area contributed by atoms with E-state index in [1.165, 1.54) is 0 Å². The first-order chi connectivity index (χ1) is 11.8. The number of carbonyl (C=O) groups is 2. The number of carbonyl (C=O) groups excluding carboxylic acids is 2. The molecule has 0 saturated carbocycles. The maximum absolute atomic E-state index is 12.6. The van der Waals surface area contributed by atoms with Crippen molar-refractivity contribution >= 4 is 11.6 Å². The minimum atomic E-state index is -0.127. The first-order valence-corrected chi connectivity index (χ1v) is 7.65. The maximum atomic E-state index is 12.6. The lowest BCUT2D eigenvalue weighted by Crippen LogP contribution is -2.13. The molecule has 24 heavy (non-hydrogen) atoms. The Labute approximate surface area is 140 Å². The van der Waals surface area contributed by atoms with Gasteiger partial charge in [-0.25, -0.2) is 0 Å². The SMILES string of the molecule is O=C(COc1ccccc1C(=O)c1ccccc1)c1ccccc1. The van der Waals surface area contributed by atoms with E-state index in [1.54, 1.807) is 60.7 Å². The summed E-state index contributed by atoms with van der Waals surface area (Å²) in [4.78, 5) is 24.8. The van der Waals surface area contributed by atoms with Crippen LogP contribution in [-0.2, 0) is 0 Å². The number of benzene rings is 3. The molecule has 3 nitrogen and oxygen atoms in total. The van der Waals surface area contributed by atoms with Gasteiger partial charge in [0.1, 0.15) is 5.75 Å². The molecule has 0 aliphatic rings. The average molecular weight is 316 g/mol. The molecule has 0 heterocycles. The highest BCUT2D eigenvalue weighted by molar-refractivity contribution is 6.10. The predicted molar refractivity (Wildman–Crippen MR) is 92.6 cm³/mol. The molecule has 0 radical (unpaired) electrons. The van der Waals surface area contributed by atoms with E-state index >= 15 is 0 Å². The number of hydrogen-bond acceptors (Lipinski definition) is 3. The molecule has 0 aliphatic heterocycles. The van der Waals surface area contributed by atoms with Crippen molar-refractivity contribution in [3.05, 3.63) is 102 Å². The van der Waals surface area contributed by atoms with Crippen LogP contribution in [0.5, 0.6) is 5.75 Å². The van der Waals surface area contributed by atoms with E-state index in [4.69, 9.17) is 4.74 Å². The molecule has 0 unspecified atom stereocenters. The molecule has 118 valence electrons. The van der Waals surface area contributed by atoms with Gasteiger partial charge < -0.3 is 4.74 Å². The van der Waals surface area contributed by atoms with Gasteiger partial charge in [0.15, 0.2) is 18.2 Å². The highest BCUT2D eigenvalue weighted by Crippen LogP contribution is 2.21. The third kappa shape index (κ3) is 3.58. The van der Waals surface area contributed by atoms with Gasteiger partial charge in [-0.3, -0.25) is 9.59 Å². The molecule has 0 aromatic heterocycles. The van der Waals surface area contributed by atoms with Gasteiger partial charge in [-0.1, -0.05) is 72.8 Å². The third-order valence-corrected chi connectivity index (χ3v) is 3.62. The summed E-state index contributed by atoms with van der Waals surface area (Å²) in [6.45, 7) is -0.108. The lowest BCUT2D eigenvalue weighted by Gasteiger charge is -2.10. The molecule has 3 rings (SSSR count). The van der Waals surface area contributed by atoms with Crippen LogP contribution in [0.1, 0.15) is 26.3 Å². The quantitative estimate of drug-likeness (QED) is 0.641. The second-order valence-corrected chi connectivity index (χ2v) is 5.27. The predicted octanol–water partition coefficient (Wildman–Crippen LogP) is 4.18. The van der Waals surface area contributed by atoms with E-state index < -0.39 is 0 Å². The largest absolute Gasteiger partial charge is 0.485 e. The Balaban J connectivity index is 1.78. The van der Waals surface area contributed by atoms with Crippen LogP contribution in [0.25, 0.3) is 0 Å². The summed E-state index contributed by atoms with van der Waals surface area (Å²) in [5, 5.41) is 0. The summed E-state index contributed by atoms with van der Waals surface area (Å²) in [6.07, 6.45) is 0. The summed E-state index contributed by atoms with van der Waals surface area (Å²) in [5.74, 6) is 0.159. The Hall–Kier alpha value is -3.20. The van der Waals surface area contributed by atoms with Crippen molar-refractivity contribution in [3.63, 3.8) is 0 Å². The van der Waals surface area contributed by atoms with Gasteiger partial charge in [-0.05, 0) is 12.1 Å². The normalized spacial score (nSPS) is 10.2. The number of rotatable bonds is 6. The van der Waals surface area contributed by atoms with Crippen LogP contribution in [0.3, 0.4) is 0 Å². The van der Waals surface area contributed by atoms with Crippen LogP contribution >= 0.6 is 0 Å². The van der Waals surface area contributed by atoms with Crippen LogP contribution in [0.2, 0.25) is 0 Å². The van der Waals surface area contributed by atoms with Gasteiger partial charge in [-0.15, -0.1) is 0 Å². The molecular formula is C21H16O3. The van der Waals surface area contributed by atoms with Gasteiger partial charge >= 0.3 is 0 Å². The smallest absolute Gasteiger partial charge is 0.200 e. The highest BCUT2D eigenvalue weighted by Gasteiger charge is 2.15. The summed E-state index contributed by atoms with van der Waals surface area (Å²) >= 11 is 0. The van der Waals surface area contributed by atoms with Crippen molar-refractivity contribution in [1.82, 2.24) is 0 Å². The fourth-order valence-electron chi connectivity index (χ4n) is 2.38. The van der Waals surface area contributed by atoms with Crippen molar-refractivity contribution in [3.8, 4) is 5.75 Å². The van der Waals surface area contributed by atoms with E-state index in [2.05, 4.69) is 0 Å². The van der Waals surface area contributed by atoms with Crippen LogP contribution < -0.4 is 4.74 Å². The number of para-hydroxylation sites is 1. The average Bonchev–Trinajstić information content (AvgIpc) is 2.67. The zero-order chi connectivity index (χ0) is 16.8. The molecule has 0 aliphatic carbocycles. The first-order valence-electron chi connectivity index (χ1n) is 7.65. The number of ketones is 2. The molecule has 0 fully saturated rings. The standard InChI is InChI=1S/C21H16O3/c22-19(16-9-3-1-4-10-16)15-24-20-14-8-7-13-18(20)21(23)17-11-5-2-6-12-17/h1-14H,15H2. The van der Waals surface area contributed by atoms with Crippen molar-refractivity contribution in [2.24, 2.45) is 0 Å². The van der Waals surface area contributed by atoms with E-state index in [1.807, 2.05) is 24.3 Å². The van der Waals surface area contributed by atoms with E-state index in [0.717, 1.165) is 0 Å². The molecule has 3 aromatic carbocycles. The van der Waals surface area contributed by atoms with Crippen molar-refractivity contribution < 1.29 is 14.3 Å². The van der Waals surface area contributed by atoms with Crippen molar-refractivity contribution in [2.45, 2.75) is 0 Å². The van der Waals surface area contributed by atoms with Crippen LogP contribution in [0.4, 0.5) is 0 Å². The Kier molecular flexibility index (Phi) is 4.82. The third-order valence-electron chi connectivity index (χ3n) is 3.62. The van der Waals surface area contributed by atoms with Crippen LogP contribution in [0.15, 0.2) is 84.9 Å². The monoisotopic (exact) mass is 316 g/mol. The number of ether oxygens (including phenoxy) is 1. The van der Waals surface area contributed by atoms with Crippen molar-refractivity contribution in [2.75, 3.05) is 6.61 Å². The van der Waals surface area contributed by atoms with Crippen LogP contribution in [-0.4, -0.2) is 18.2 Å². The zero-order valence-electron chi connectivity index (χ0n) is 13.0. The van der Waals surface area contributed by atoms with E-state index in [0.29, 0.717) is 22.4 Å². The summed E-state index contributed by atoms with van der Waals surface area (Å²) < 4.78 is 5.63. The van der Waals surface area contributed by atoms with Gasteiger partial charge in [0.2, 0.25) is 0 Å². The fraction of sp³-hybridized carbons (Fsp3) is 0.0476. The topological polar surface area (TPSA) is 43.4 Å². The molecule has 3 aromatic rings. The summed E-state index contributed by atoms with van der Waals surface area (Å²) in [5.41, 5.74) is 1.62. The van der Waals surface area contributed by atoms with Gasteiger partial charge in [0.25, 0.3) is 0 Å². The molecule has 0 amide bonds. The minimum Gasteiger partial charge on any atom is -0.485 e. The molecule has 0 N–H and O–H groups in total. The Bertz CT molecular complexity index is 839. The minimum absolute atomic E-state index is 0.108.